The van der Waals surface area contributed by atoms with Crippen LogP contribution in [0, 0.1) is 0 Å². The Hall–Kier alpha value is 0.0149. The van der Waals surface area contributed by atoms with Crippen LogP contribution in [0.25, 0.3) is 0 Å². The normalized spacial score (nSPS) is 8.29. The number of hydrogen-bond acceptors (Lipinski definition) is 1. The molecule has 0 saturated heterocycles. The lowest BCUT2D eigenvalue weighted by Gasteiger charge is -1.89. The lowest BCUT2D eigenvalue weighted by Crippen LogP contribution is -2.13. The number of carboxylic acid groups (broad SMARTS) is 1. The fourth-order valence-electron chi connectivity index (χ4n) is 0.175. The third kappa shape index (κ3) is 2.68. The molecule has 0 heterocycles. The highest BCUT2D eigenvalue weighted by Gasteiger charge is 2.14. The fraction of sp³-hybridized carbons (Fsp3) is 0.667. The summed E-state index contributed by atoms with van der Waals surface area (Å²) in [4.78, 5) is 9.88. The number of carbonyl (C=O) groups is 1. The van der Waals surface area contributed by atoms with Gasteiger partial charge in [0.05, 0.1) is 0 Å². The number of rotatable bonds is 2. The molecule has 0 atom stereocenters. The largest absolute Gasteiger partial charge is 0.488 e. The molecule has 0 rings (SSSR count). The van der Waals surface area contributed by atoms with E-state index in [0.717, 1.165) is 0 Å². The Morgan fingerprint density at radius 1 is 2.00 bits per heavy atom. The van der Waals surface area contributed by atoms with E-state index in [4.69, 9.17) is 5.11 Å². The van der Waals surface area contributed by atoms with Crippen molar-refractivity contribution in [3.8, 4) is 0 Å². The summed E-state index contributed by atoms with van der Waals surface area (Å²) in [5.74, 6) is -0.789. The summed E-state index contributed by atoms with van der Waals surface area (Å²) < 4.78 is 0. The molecule has 1 N–H and O–H groups in total. The second kappa shape index (κ2) is 3.07. The number of hydrogen-bond donors (Lipinski definition) is 1. The predicted octanol–water partition coefficient (Wildman–Crippen LogP) is 1.65. The molecule has 0 aromatic rings. The highest BCUT2D eigenvalue weighted by Crippen LogP contribution is 1.99. The van der Waals surface area contributed by atoms with Gasteiger partial charge in [-0.25, -0.2) is 0 Å². The first-order valence-electron chi connectivity index (χ1n) is 2.05. The second-order valence-corrected chi connectivity index (χ2v) is 2.32. The van der Waals surface area contributed by atoms with Crippen LogP contribution in [-0.2, 0) is 0 Å². The van der Waals surface area contributed by atoms with Gasteiger partial charge < -0.3 is 5.11 Å². The van der Waals surface area contributed by atoms with Crippen LogP contribution < -0.4 is 0 Å². The van der Waals surface area contributed by atoms with Crippen molar-refractivity contribution in [1.29, 1.82) is 0 Å². The summed E-state index contributed by atoms with van der Waals surface area (Å²) in [7, 11) is 0. The van der Waals surface area contributed by atoms with Crippen molar-refractivity contribution in [2.75, 3.05) is 0 Å². The van der Waals surface area contributed by atoms with E-state index in [2.05, 4.69) is 15.8 Å². The van der Waals surface area contributed by atoms with Crippen molar-refractivity contribution in [3.63, 3.8) is 0 Å². The molecule has 0 aliphatic carbocycles. The fourth-order valence-corrected chi connectivity index (χ4v) is 0.175. The van der Waals surface area contributed by atoms with E-state index in [-0.39, 0.29) is 5.54 Å². The predicted molar refractivity (Wildman–Crippen MR) is 33.2 cm³/mol. The third-order valence-corrected chi connectivity index (χ3v) is 1.67. The van der Waals surface area contributed by atoms with Crippen molar-refractivity contribution in [1.82, 2.24) is 0 Å². The van der Waals surface area contributed by atoms with Crippen LogP contribution in [-0.4, -0.2) is 16.5 Å². The van der Waals surface area contributed by atoms with E-state index in [0.29, 0.717) is 6.32 Å². The third-order valence-electron chi connectivity index (χ3n) is 0.626. The molecule has 7 heavy (non-hydrogen) atoms. The van der Waals surface area contributed by atoms with E-state index in [9.17, 15) is 4.79 Å². The minimum atomic E-state index is -0.789. The molecule has 0 radical (unpaired) electrons. The Morgan fingerprint density at radius 3 is 2.43 bits per heavy atom. The van der Waals surface area contributed by atoms with Gasteiger partial charge in [-0.15, -0.1) is 15.8 Å². The van der Waals surface area contributed by atoms with Crippen LogP contribution in [0.4, 0.5) is 4.79 Å². The molecule has 40 valence electrons. The van der Waals surface area contributed by atoms with Crippen LogP contribution >= 0.6 is 15.8 Å². The van der Waals surface area contributed by atoms with E-state index in [1.807, 2.05) is 6.92 Å². The van der Waals surface area contributed by atoms with E-state index < -0.39 is 5.87 Å². The maximum Gasteiger partial charge on any atom is 0.353 e. The molecule has 0 aliphatic rings. The van der Waals surface area contributed by atoms with Gasteiger partial charge in [-0.1, -0.05) is 13.2 Å². The Morgan fingerprint density at radius 2 is 2.43 bits per heavy atom. The van der Waals surface area contributed by atoms with Gasteiger partial charge in [-0.3, -0.25) is 4.79 Å². The summed E-state index contributed by atoms with van der Waals surface area (Å²) in [6.07, 6.45) is 0.634. The van der Waals surface area contributed by atoms with Crippen LogP contribution in [0.2, 0.25) is 6.32 Å². The molecule has 0 bridgehead atoms. The summed E-state index contributed by atoms with van der Waals surface area (Å²) in [6.45, 7) is 1.81. The van der Waals surface area contributed by atoms with Gasteiger partial charge in [-0.05, 0) is 0 Å². The maximum atomic E-state index is 9.88. The second-order valence-electron chi connectivity index (χ2n) is 1.21. The molecule has 4 heteroatoms. The summed E-state index contributed by atoms with van der Waals surface area (Å²) in [5.41, 5.74) is -0.368. The molecule has 0 aromatic carbocycles. The molecule has 2 nitrogen and oxygen atoms in total. The van der Waals surface area contributed by atoms with Crippen molar-refractivity contribution in [2.24, 2.45) is 0 Å². The zero-order valence-electron chi connectivity index (χ0n) is 4.02. The highest BCUT2D eigenvalue weighted by atomic mass is 79.9. The minimum Gasteiger partial charge on any atom is -0.488 e. The zero-order valence-corrected chi connectivity index (χ0v) is 5.60. The molecule has 0 unspecified atom stereocenters. The first-order chi connectivity index (χ1) is 3.18. The van der Waals surface area contributed by atoms with Gasteiger partial charge in [0.1, 0.15) is 0 Å². The SMILES string of the molecule is CCB(Br)C(=O)O. The molecule has 0 fully saturated rings. The quantitative estimate of drug-likeness (QED) is 0.631. The molecule has 0 spiro atoms. The Bertz CT molecular complexity index is 75.3. The first kappa shape index (κ1) is 7.01. The zero-order chi connectivity index (χ0) is 5.86. The maximum absolute atomic E-state index is 9.88. The lowest BCUT2D eigenvalue weighted by molar-refractivity contribution is 0.219. The summed E-state index contributed by atoms with van der Waals surface area (Å²) >= 11 is 2.94. The monoisotopic (exact) mass is 164 g/mol. The van der Waals surface area contributed by atoms with Gasteiger partial charge >= 0.3 is 5.54 Å². The van der Waals surface area contributed by atoms with E-state index >= 15 is 0 Å². The van der Waals surface area contributed by atoms with Gasteiger partial charge in [0.2, 0.25) is 0 Å². The first-order valence-corrected chi connectivity index (χ1v) is 2.97. The average Bonchev–Trinajstić information content (AvgIpc) is 1.65. The molecule has 0 aromatic heterocycles. The topological polar surface area (TPSA) is 37.3 Å². The van der Waals surface area contributed by atoms with E-state index in [1.165, 1.54) is 0 Å². The Balaban J connectivity index is 3.34. The smallest absolute Gasteiger partial charge is 0.353 e. The molecule has 0 saturated carbocycles. The Kier molecular flexibility index (Phi) is 3.08. The van der Waals surface area contributed by atoms with Crippen LogP contribution in [0.5, 0.6) is 0 Å². The van der Waals surface area contributed by atoms with Crippen LogP contribution in [0.1, 0.15) is 6.92 Å². The van der Waals surface area contributed by atoms with Crippen molar-refractivity contribution < 1.29 is 9.90 Å². The van der Waals surface area contributed by atoms with Crippen molar-refractivity contribution in [2.45, 2.75) is 13.2 Å². The van der Waals surface area contributed by atoms with Gasteiger partial charge in [-0.2, -0.15) is 0 Å². The van der Waals surface area contributed by atoms with Gasteiger partial charge in [0, 0.05) is 0 Å². The summed E-state index contributed by atoms with van der Waals surface area (Å²) in [5, 5.41) is 8.14. The average molecular weight is 165 g/mol. The summed E-state index contributed by atoms with van der Waals surface area (Å²) in [6, 6.07) is 0. The van der Waals surface area contributed by atoms with Gasteiger partial charge in [0.25, 0.3) is 5.87 Å². The van der Waals surface area contributed by atoms with Crippen molar-refractivity contribution in [3.05, 3.63) is 0 Å². The van der Waals surface area contributed by atoms with Crippen molar-refractivity contribution >= 4 is 27.2 Å². The highest BCUT2D eigenvalue weighted by molar-refractivity contribution is 9.25. The number of halogens is 1. The minimum absolute atomic E-state index is 0.368. The lowest BCUT2D eigenvalue weighted by atomic mass is 9.75. The molecule has 0 amide bonds. The molecular formula is C3H6BBrO2. The Labute approximate surface area is 51.0 Å². The standard InChI is InChI=1S/C3H6BBrO2/c1-2-4(5)3(6)7/h2H2,1H3,(H,6,7). The van der Waals surface area contributed by atoms with Crippen LogP contribution in [0.3, 0.4) is 0 Å². The van der Waals surface area contributed by atoms with Crippen LogP contribution in [0.15, 0.2) is 0 Å². The molecule has 0 aliphatic heterocycles. The molecular weight excluding hydrogens is 159 g/mol. The van der Waals surface area contributed by atoms with Gasteiger partial charge in [0.15, 0.2) is 0 Å². The van der Waals surface area contributed by atoms with E-state index in [1.54, 1.807) is 0 Å².